The molecule has 1 atom stereocenters. The number of hydrogen-bond acceptors (Lipinski definition) is 3. The average molecular weight is 199 g/mol. The summed E-state index contributed by atoms with van der Waals surface area (Å²) in [5.41, 5.74) is 5.80. The Morgan fingerprint density at radius 1 is 1.14 bits per heavy atom. The molecular formula is C11H25N3. The summed E-state index contributed by atoms with van der Waals surface area (Å²) in [5, 5.41) is 0. The summed E-state index contributed by atoms with van der Waals surface area (Å²) in [7, 11) is 0. The van der Waals surface area contributed by atoms with Crippen molar-refractivity contribution in [2.24, 2.45) is 5.73 Å². The quantitative estimate of drug-likeness (QED) is 0.709. The molecule has 1 unspecified atom stereocenters. The standard InChI is InChI=1S/C11H25N3/c1-3-5-11(10-12)14-8-6-13(4-2)7-9-14/h11H,3-10,12H2,1-2H3. The van der Waals surface area contributed by atoms with Gasteiger partial charge >= 0.3 is 0 Å². The number of nitrogens with zero attached hydrogens (tertiary/aromatic N) is 2. The van der Waals surface area contributed by atoms with Crippen molar-refractivity contribution in [3.05, 3.63) is 0 Å². The first-order valence-electron chi connectivity index (χ1n) is 5.98. The molecule has 0 radical (unpaired) electrons. The molecule has 0 bridgehead atoms. The summed E-state index contributed by atoms with van der Waals surface area (Å²) < 4.78 is 0. The van der Waals surface area contributed by atoms with Gasteiger partial charge in [-0.1, -0.05) is 20.3 Å². The summed E-state index contributed by atoms with van der Waals surface area (Å²) in [4.78, 5) is 5.08. The van der Waals surface area contributed by atoms with Gasteiger partial charge in [-0.2, -0.15) is 0 Å². The molecule has 3 heteroatoms. The van der Waals surface area contributed by atoms with E-state index in [0.29, 0.717) is 6.04 Å². The van der Waals surface area contributed by atoms with Crippen molar-refractivity contribution in [1.82, 2.24) is 9.80 Å². The topological polar surface area (TPSA) is 32.5 Å². The maximum atomic E-state index is 5.80. The van der Waals surface area contributed by atoms with Gasteiger partial charge in [0.15, 0.2) is 0 Å². The van der Waals surface area contributed by atoms with Gasteiger partial charge in [-0.05, 0) is 13.0 Å². The minimum atomic E-state index is 0.624. The molecule has 0 aromatic rings. The minimum Gasteiger partial charge on any atom is -0.329 e. The second kappa shape index (κ2) is 6.38. The summed E-state index contributed by atoms with van der Waals surface area (Å²) >= 11 is 0. The van der Waals surface area contributed by atoms with Gasteiger partial charge in [-0.15, -0.1) is 0 Å². The van der Waals surface area contributed by atoms with Gasteiger partial charge in [0, 0.05) is 38.8 Å². The molecule has 0 aromatic carbocycles. The van der Waals surface area contributed by atoms with E-state index in [-0.39, 0.29) is 0 Å². The van der Waals surface area contributed by atoms with Crippen LogP contribution in [0.3, 0.4) is 0 Å². The van der Waals surface area contributed by atoms with Crippen molar-refractivity contribution >= 4 is 0 Å². The summed E-state index contributed by atoms with van der Waals surface area (Å²) in [6.07, 6.45) is 2.50. The fraction of sp³-hybridized carbons (Fsp3) is 1.00. The molecular weight excluding hydrogens is 174 g/mol. The minimum absolute atomic E-state index is 0.624. The average Bonchev–Trinajstić information content (AvgIpc) is 2.26. The van der Waals surface area contributed by atoms with Gasteiger partial charge in [0.2, 0.25) is 0 Å². The van der Waals surface area contributed by atoms with Crippen molar-refractivity contribution in [3.8, 4) is 0 Å². The second-order valence-electron chi connectivity index (χ2n) is 4.15. The SMILES string of the molecule is CCCC(CN)N1CCN(CC)CC1. The lowest BCUT2D eigenvalue weighted by molar-refractivity contribution is 0.0979. The number of piperazine rings is 1. The largest absolute Gasteiger partial charge is 0.329 e. The molecule has 1 heterocycles. The van der Waals surface area contributed by atoms with E-state index in [1.54, 1.807) is 0 Å². The monoisotopic (exact) mass is 199 g/mol. The number of hydrogen-bond donors (Lipinski definition) is 1. The zero-order valence-corrected chi connectivity index (χ0v) is 9.71. The number of nitrogens with two attached hydrogens (primary N) is 1. The van der Waals surface area contributed by atoms with Crippen LogP contribution in [0.15, 0.2) is 0 Å². The lowest BCUT2D eigenvalue weighted by atomic mass is 10.1. The first-order chi connectivity index (χ1) is 6.81. The van der Waals surface area contributed by atoms with Gasteiger partial charge in [0.25, 0.3) is 0 Å². The third-order valence-electron chi connectivity index (χ3n) is 3.26. The van der Waals surface area contributed by atoms with E-state index in [0.717, 1.165) is 6.54 Å². The normalized spacial score (nSPS) is 22.5. The summed E-state index contributed by atoms with van der Waals surface area (Å²) in [6.45, 7) is 11.3. The van der Waals surface area contributed by atoms with Crippen LogP contribution in [-0.2, 0) is 0 Å². The molecule has 14 heavy (non-hydrogen) atoms. The Morgan fingerprint density at radius 3 is 2.21 bits per heavy atom. The number of likely N-dealkylation sites (N-methyl/N-ethyl adjacent to an activating group) is 1. The molecule has 1 saturated heterocycles. The molecule has 1 aliphatic rings. The van der Waals surface area contributed by atoms with E-state index < -0.39 is 0 Å². The highest BCUT2D eigenvalue weighted by molar-refractivity contribution is 4.78. The lowest BCUT2D eigenvalue weighted by Crippen LogP contribution is -2.52. The molecule has 0 amide bonds. The molecule has 2 N–H and O–H groups in total. The van der Waals surface area contributed by atoms with Crippen LogP contribution in [0.25, 0.3) is 0 Å². The molecule has 3 nitrogen and oxygen atoms in total. The third kappa shape index (κ3) is 3.23. The van der Waals surface area contributed by atoms with Gasteiger partial charge in [-0.25, -0.2) is 0 Å². The Bertz CT molecular complexity index is 141. The fourth-order valence-corrected chi connectivity index (χ4v) is 2.23. The predicted octanol–water partition coefficient (Wildman–Crippen LogP) is 0.751. The predicted molar refractivity (Wildman–Crippen MR) is 61.4 cm³/mol. The van der Waals surface area contributed by atoms with E-state index in [2.05, 4.69) is 23.6 Å². The van der Waals surface area contributed by atoms with Crippen molar-refractivity contribution in [2.45, 2.75) is 32.7 Å². The molecule has 1 fully saturated rings. The summed E-state index contributed by atoms with van der Waals surface area (Å²) in [5.74, 6) is 0. The number of rotatable bonds is 5. The Hall–Kier alpha value is -0.120. The van der Waals surface area contributed by atoms with Crippen LogP contribution < -0.4 is 5.73 Å². The Labute approximate surface area is 88.2 Å². The van der Waals surface area contributed by atoms with Crippen molar-refractivity contribution in [1.29, 1.82) is 0 Å². The third-order valence-corrected chi connectivity index (χ3v) is 3.26. The highest BCUT2D eigenvalue weighted by Crippen LogP contribution is 2.09. The maximum Gasteiger partial charge on any atom is 0.0219 e. The molecule has 0 saturated carbocycles. The Balaban J connectivity index is 2.31. The Kier molecular flexibility index (Phi) is 5.45. The van der Waals surface area contributed by atoms with E-state index >= 15 is 0 Å². The van der Waals surface area contributed by atoms with Crippen LogP contribution in [0.4, 0.5) is 0 Å². The second-order valence-corrected chi connectivity index (χ2v) is 4.15. The van der Waals surface area contributed by atoms with Gasteiger partial charge in [0.1, 0.15) is 0 Å². The Morgan fingerprint density at radius 2 is 1.79 bits per heavy atom. The van der Waals surface area contributed by atoms with Gasteiger partial charge in [0.05, 0.1) is 0 Å². The fourth-order valence-electron chi connectivity index (χ4n) is 2.23. The molecule has 0 spiro atoms. The van der Waals surface area contributed by atoms with Crippen molar-refractivity contribution in [3.63, 3.8) is 0 Å². The summed E-state index contributed by atoms with van der Waals surface area (Å²) in [6, 6.07) is 0.624. The van der Waals surface area contributed by atoms with Crippen LogP contribution in [-0.4, -0.2) is 55.1 Å². The first-order valence-corrected chi connectivity index (χ1v) is 5.98. The van der Waals surface area contributed by atoms with Crippen LogP contribution in [0.2, 0.25) is 0 Å². The molecule has 1 aliphatic heterocycles. The highest BCUT2D eigenvalue weighted by atomic mass is 15.3. The molecule has 0 aliphatic carbocycles. The van der Waals surface area contributed by atoms with E-state index in [9.17, 15) is 0 Å². The molecule has 0 aromatic heterocycles. The van der Waals surface area contributed by atoms with Crippen LogP contribution in [0.5, 0.6) is 0 Å². The van der Waals surface area contributed by atoms with Crippen LogP contribution in [0.1, 0.15) is 26.7 Å². The van der Waals surface area contributed by atoms with Crippen molar-refractivity contribution in [2.75, 3.05) is 39.3 Å². The first kappa shape index (κ1) is 12.0. The zero-order valence-electron chi connectivity index (χ0n) is 9.71. The van der Waals surface area contributed by atoms with Gasteiger partial charge in [-0.3, -0.25) is 4.90 Å². The van der Waals surface area contributed by atoms with Gasteiger partial charge < -0.3 is 10.6 Å². The molecule has 84 valence electrons. The van der Waals surface area contributed by atoms with E-state index in [4.69, 9.17) is 5.73 Å². The van der Waals surface area contributed by atoms with E-state index in [1.807, 2.05) is 0 Å². The highest BCUT2D eigenvalue weighted by Gasteiger charge is 2.21. The van der Waals surface area contributed by atoms with E-state index in [1.165, 1.54) is 45.6 Å². The molecule has 1 rings (SSSR count). The van der Waals surface area contributed by atoms with Crippen LogP contribution >= 0.6 is 0 Å². The van der Waals surface area contributed by atoms with Crippen LogP contribution in [0, 0.1) is 0 Å². The van der Waals surface area contributed by atoms with Crippen molar-refractivity contribution < 1.29 is 0 Å². The maximum absolute atomic E-state index is 5.80. The lowest BCUT2D eigenvalue weighted by Gasteiger charge is -2.38. The smallest absolute Gasteiger partial charge is 0.0219 e. The zero-order chi connectivity index (χ0) is 10.4.